The highest BCUT2D eigenvalue weighted by molar-refractivity contribution is 7.92. The Morgan fingerprint density at radius 3 is 2.36 bits per heavy atom. The van der Waals surface area contributed by atoms with E-state index in [0.717, 1.165) is 23.6 Å². The first kappa shape index (κ1) is 22.7. The van der Waals surface area contributed by atoms with Crippen LogP contribution in [-0.4, -0.2) is 34.1 Å². The van der Waals surface area contributed by atoms with Crippen LogP contribution in [-0.2, 0) is 21.0 Å². The van der Waals surface area contributed by atoms with E-state index in [-0.39, 0.29) is 22.4 Å². The summed E-state index contributed by atoms with van der Waals surface area (Å²) in [5.41, 5.74) is -0.382. The number of nitrogens with zero attached hydrogens (tertiary/aromatic N) is 4. The van der Waals surface area contributed by atoms with Gasteiger partial charge in [0.15, 0.2) is 5.69 Å². The highest BCUT2D eigenvalue weighted by Gasteiger charge is 2.39. The van der Waals surface area contributed by atoms with Crippen LogP contribution >= 0.6 is 0 Å². The predicted octanol–water partition coefficient (Wildman–Crippen LogP) is 3.57. The zero-order chi connectivity index (χ0) is 23.8. The maximum atomic E-state index is 13.1. The van der Waals surface area contributed by atoms with E-state index < -0.39 is 33.8 Å². The maximum Gasteiger partial charge on any atom is 0.435 e. The zero-order valence-electron chi connectivity index (χ0n) is 17.2. The minimum atomic E-state index is -4.61. The summed E-state index contributed by atoms with van der Waals surface area (Å²) in [5.74, 6) is -0.720. The third kappa shape index (κ3) is 5.13. The molecule has 1 fully saturated rings. The fourth-order valence-electron chi connectivity index (χ4n) is 3.15. The molecular formula is C20H19F3N6O3S. The predicted molar refractivity (Wildman–Crippen MR) is 112 cm³/mol. The van der Waals surface area contributed by atoms with E-state index in [0.29, 0.717) is 5.69 Å². The number of anilines is 2. The van der Waals surface area contributed by atoms with Gasteiger partial charge in [-0.15, -0.1) is 0 Å². The molecule has 1 amide bonds. The van der Waals surface area contributed by atoms with Crippen molar-refractivity contribution < 1.29 is 26.4 Å². The van der Waals surface area contributed by atoms with E-state index in [2.05, 4.69) is 25.1 Å². The van der Waals surface area contributed by atoms with Crippen molar-refractivity contribution in [3.05, 3.63) is 60.2 Å². The number of nitrogens with one attached hydrogen (secondary N) is 2. The van der Waals surface area contributed by atoms with Crippen molar-refractivity contribution in [1.82, 2.24) is 19.7 Å². The second-order valence-electron chi connectivity index (χ2n) is 7.54. The van der Waals surface area contributed by atoms with Crippen LogP contribution in [0.2, 0.25) is 0 Å². The number of hydrogen-bond acceptors (Lipinski definition) is 6. The summed E-state index contributed by atoms with van der Waals surface area (Å²) < 4.78 is 67.5. The van der Waals surface area contributed by atoms with Crippen molar-refractivity contribution in [2.45, 2.75) is 42.8 Å². The molecule has 1 unspecified atom stereocenters. The van der Waals surface area contributed by atoms with Crippen molar-refractivity contribution in [1.29, 1.82) is 0 Å². The average Bonchev–Trinajstić information content (AvgIpc) is 3.50. The molecular weight excluding hydrogens is 461 g/mol. The molecule has 4 rings (SSSR count). The molecule has 9 nitrogen and oxygen atoms in total. The largest absolute Gasteiger partial charge is 0.435 e. The Hall–Kier alpha value is -3.48. The lowest BCUT2D eigenvalue weighted by Gasteiger charge is -2.16. The van der Waals surface area contributed by atoms with Gasteiger partial charge in [0, 0.05) is 29.7 Å². The van der Waals surface area contributed by atoms with Crippen molar-refractivity contribution in [2.75, 3.05) is 10.0 Å². The van der Waals surface area contributed by atoms with Crippen LogP contribution in [0.3, 0.4) is 0 Å². The summed E-state index contributed by atoms with van der Waals surface area (Å²) in [7, 11) is -3.95. The van der Waals surface area contributed by atoms with Gasteiger partial charge in [-0.25, -0.2) is 23.1 Å². The Kier molecular flexibility index (Phi) is 5.82. The van der Waals surface area contributed by atoms with Crippen LogP contribution in [0.5, 0.6) is 0 Å². The molecule has 0 radical (unpaired) electrons. The number of sulfonamides is 1. The van der Waals surface area contributed by atoms with Gasteiger partial charge in [0.25, 0.3) is 10.0 Å². The van der Waals surface area contributed by atoms with Crippen LogP contribution in [0.15, 0.2) is 53.7 Å². The molecule has 13 heteroatoms. The fourth-order valence-corrected chi connectivity index (χ4v) is 4.11. The van der Waals surface area contributed by atoms with Gasteiger partial charge in [-0.2, -0.15) is 18.3 Å². The van der Waals surface area contributed by atoms with Gasteiger partial charge >= 0.3 is 6.18 Å². The Bertz CT molecular complexity index is 1260. The molecule has 1 aromatic carbocycles. The molecule has 2 aromatic heterocycles. The van der Waals surface area contributed by atoms with E-state index in [1.54, 1.807) is 0 Å². The van der Waals surface area contributed by atoms with Crippen LogP contribution in [0.25, 0.3) is 0 Å². The number of amides is 1. The molecule has 0 aliphatic heterocycles. The van der Waals surface area contributed by atoms with Gasteiger partial charge in [-0.1, -0.05) is 0 Å². The van der Waals surface area contributed by atoms with Gasteiger partial charge in [0.05, 0.1) is 4.90 Å². The summed E-state index contributed by atoms with van der Waals surface area (Å²) >= 11 is 0. The van der Waals surface area contributed by atoms with Gasteiger partial charge in [0.2, 0.25) is 11.9 Å². The molecule has 1 saturated carbocycles. The van der Waals surface area contributed by atoms with E-state index in [9.17, 15) is 26.4 Å². The van der Waals surface area contributed by atoms with Crippen LogP contribution in [0.1, 0.15) is 43.1 Å². The fraction of sp³-hybridized carbons (Fsp3) is 0.300. The maximum absolute atomic E-state index is 13.1. The number of benzene rings is 1. The molecule has 2 N–H and O–H groups in total. The second-order valence-corrected chi connectivity index (χ2v) is 9.22. The molecule has 0 spiro atoms. The second kappa shape index (κ2) is 8.46. The Labute approximate surface area is 187 Å². The average molecular weight is 480 g/mol. The van der Waals surface area contributed by atoms with Gasteiger partial charge in [-0.3, -0.25) is 9.48 Å². The van der Waals surface area contributed by atoms with Crippen LogP contribution in [0, 0.1) is 0 Å². The third-order valence-electron chi connectivity index (χ3n) is 5.02. The summed E-state index contributed by atoms with van der Waals surface area (Å²) in [4.78, 5) is 20.2. The Morgan fingerprint density at radius 2 is 1.79 bits per heavy atom. The molecule has 33 heavy (non-hydrogen) atoms. The van der Waals surface area contributed by atoms with E-state index in [1.807, 2.05) is 0 Å². The lowest BCUT2D eigenvalue weighted by Crippen LogP contribution is -2.26. The number of hydrogen-bond donors (Lipinski definition) is 2. The summed E-state index contributed by atoms with van der Waals surface area (Å²) in [6.45, 7) is 1.46. The van der Waals surface area contributed by atoms with Crippen LogP contribution < -0.4 is 10.0 Å². The number of carbonyl (C=O) groups excluding carboxylic acids is 1. The third-order valence-corrected chi connectivity index (χ3v) is 6.36. The van der Waals surface area contributed by atoms with Crippen molar-refractivity contribution in [2.24, 2.45) is 0 Å². The summed E-state index contributed by atoms with van der Waals surface area (Å²) in [5, 5.41) is 6.21. The zero-order valence-corrected chi connectivity index (χ0v) is 18.1. The number of aromatic nitrogens is 4. The SMILES string of the molecule is CC(C(=O)Nc1ccc(S(=O)(=O)Nc2ncccn2)cc1)n1nc(C(F)(F)F)cc1C1CC1. The summed E-state index contributed by atoms with van der Waals surface area (Å²) in [6.07, 6.45) is -0.344. The van der Waals surface area contributed by atoms with E-state index >= 15 is 0 Å². The highest BCUT2D eigenvalue weighted by atomic mass is 32.2. The first-order valence-electron chi connectivity index (χ1n) is 9.92. The van der Waals surface area contributed by atoms with E-state index in [4.69, 9.17) is 0 Å². The molecule has 0 bridgehead atoms. The lowest BCUT2D eigenvalue weighted by atomic mass is 10.2. The van der Waals surface area contributed by atoms with E-state index in [1.165, 1.54) is 49.6 Å². The molecule has 3 aromatic rings. The quantitative estimate of drug-likeness (QED) is 0.534. The normalized spacial score (nSPS) is 15.2. The standard InChI is InChI=1S/C20H19F3N6O3S/c1-12(29-16(13-3-4-13)11-17(27-29)20(21,22)23)18(30)26-14-5-7-15(8-6-14)33(31,32)28-19-24-9-2-10-25-19/h2,5-13H,3-4H2,1H3,(H,26,30)(H,24,25,28). The molecule has 1 atom stereocenters. The smallest absolute Gasteiger partial charge is 0.324 e. The van der Waals surface area contributed by atoms with Gasteiger partial charge < -0.3 is 5.32 Å². The number of alkyl halides is 3. The molecule has 2 heterocycles. The number of carbonyl (C=O) groups is 1. The molecule has 1 aliphatic rings. The first-order valence-corrected chi connectivity index (χ1v) is 11.4. The topological polar surface area (TPSA) is 119 Å². The number of rotatable bonds is 7. The van der Waals surface area contributed by atoms with Crippen LogP contribution in [0.4, 0.5) is 24.8 Å². The van der Waals surface area contributed by atoms with Gasteiger partial charge in [-0.05, 0) is 56.2 Å². The summed E-state index contributed by atoms with van der Waals surface area (Å²) in [6, 6.07) is 6.82. The lowest BCUT2D eigenvalue weighted by molar-refractivity contribution is -0.141. The molecule has 1 aliphatic carbocycles. The Morgan fingerprint density at radius 1 is 1.15 bits per heavy atom. The highest BCUT2D eigenvalue weighted by Crippen LogP contribution is 2.43. The monoisotopic (exact) mass is 480 g/mol. The first-order chi connectivity index (χ1) is 15.5. The molecule has 0 saturated heterocycles. The van der Waals surface area contributed by atoms with Gasteiger partial charge in [0.1, 0.15) is 6.04 Å². The molecule has 174 valence electrons. The van der Waals surface area contributed by atoms with Crippen molar-refractivity contribution >= 4 is 27.6 Å². The minimum Gasteiger partial charge on any atom is -0.324 e. The number of halogens is 3. The minimum absolute atomic E-state index is 0.0468. The van der Waals surface area contributed by atoms with Crippen molar-refractivity contribution in [3.8, 4) is 0 Å². The Balaban J connectivity index is 1.47. The van der Waals surface area contributed by atoms with Crippen molar-refractivity contribution in [3.63, 3.8) is 0 Å².